The van der Waals surface area contributed by atoms with Crippen LogP contribution in [0.5, 0.6) is 0 Å². The van der Waals surface area contributed by atoms with Gasteiger partial charge in [0.1, 0.15) is 6.10 Å². The van der Waals surface area contributed by atoms with Crippen LogP contribution in [0.15, 0.2) is 11.6 Å². The standard InChI is InChI=1S/C29H46O3/c1-3-4-5-6-7-8-9-10-11-28(31)32-27-17-16-26-25-14-12-21-20-22(30)13-15-23(21)24(25)18-19-29(26,27)2/h20,23-27H,3-19H2,1-2H3/t23?,24?,25?,26?,27?,29-/m0/s1. The Balaban J connectivity index is 1.24. The molecule has 0 N–H and O–H groups in total. The molecule has 4 aliphatic carbocycles. The molecule has 180 valence electrons. The maximum absolute atomic E-state index is 12.6. The summed E-state index contributed by atoms with van der Waals surface area (Å²) in [5.74, 6) is 3.26. The molecule has 0 heterocycles. The Labute approximate surface area is 196 Å². The summed E-state index contributed by atoms with van der Waals surface area (Å²) < 4.78 is 6.15. The topological polar surface area (TPSA) is 43.4 Å². The normalized spacial score (nSPS) is 36.1. The van der Waals surface area contributed by atoms with Crippen LogP contribution in [0.2, 0.25) is 0 Å². The van der Waals surface area contributed by atoms with Gasteiger partial charge in [-0.1, -0.05) is 64.4 Å². The fourth-order valence-corrected chi connectivity index (χ4v) is 7.95. The molecule has 0 aromatic rings. The van der Waals surface area contributed by atoms with E-state index in [9.17, 15) is 9.59 Å². The van der Waals surface area contributed by atoms with E-state index in [0.717, 1.165) is 50.4 Å². The number of hydrogen-bond acceptors (Lipinski definition) is 3. The number of esters is 1. The summed E-state index contributed by atoms with van der Waals surface area (Å²) in [7, 11) is 0. The molecule has 0 aromatic carbocycles. The zero-order valence-electron chi connectivity index (χ0n) is 20.7. The molecule has 3 saturated carbocycles. The second-order valence-electron chi connectivity index (χ2n) is 11.6. The van der Waals surface area contributed by atoms with Crippen LogP contribution in [-0.2, 0) is 14.3 Å². The molecule has 3 fully saturated rings. The van der Waals surface area contributed by atoms with Crippen molar-refractivity contribution in [2.24, 2.45) is 29.1 Å². The Morgan fingerprint density at radius 3 is 2.47 bits per heavy atom. The summed E-state index contributed by atoms with van der Waals surface area (Å²) in [6, 6.07) is 0. The number of rotatable bonds is 10. The molecule has 32 heavy (non-hydrogen) atoms. The SMILES string of the molecule is CCCCCCCCCCC(=O)OC1CCC2C3CCC4=CC(=O)CCC4C3CC[C@]12C. The summed E-state index contributed by atoms with van der Waals surface area (Å²) in [6.07, 6.45) is 21.7. The van der Waals surface area contributed by atoms with Gasteiger partial charge in [-0.3, -0.25) is 9.59 Å². The first-order chi connectivity index (χ1) is 15.5. The van der Waals surface area contributed by atoms with Crippen molar-refractivity contribution in [2.75, 3.05) is 0 Å². The lowest BCUT2D eigenvalue weighted by Gasteiger charge is -2.53. The molecule has 0 bridgehead atoms. The van der Waals surface area contributed by atoms with E-state index in [4.69, 9.17) is 4.74 Å². The highest BCUT2D eigenvalue weighted by Crippen LogP contribution is 2.62. The Hall–Kier alpha value is -1.12. The zero-order valence-corrected chi connectivity index (χ0v) is 20.7. The van der Waals surface area contributed by atoms with Gasteiger partial charge in [-0.2, -0.15) is 0 Å². The second-order valence-corrected chi connectivity index (χ2v) is 11.6. The quantitative estimate of drug-likeness (QED) is 0.259. The Kier molecular flexibility index (Phi) is 8.16. The molecule has 3 heteroatoms. The van der Waals surface area contributed by atoms with Crippen molar-refractivity contribution in [1.29, 1.82) is 0 Å². The summed E-state index contributed by atoms with van der Waals surface area (Å²) in [6.45, 7) is 4.68. The number of allylic oxidation sites excluding steroid dienone is 1. The van der Waals surface area contributed by atoms with Crippen molar-refractivity contribution in [3.63, 3.8) is 0 Å². The largest absolute Gasteiger partial charge is 0.462 e. The molecule has 0 amide bonds. The molecule has 0 spiro atoms. The van der Waals surface area contributed by atoms with Crippen LogP contribution in [0.4, 0.5) is 0 Å². The first kappa shape index (κ1) is 24.0. The van der Waals surface area contributed by atoms with E-state index >= 15 is 0 Å². The first-order valence-electron chi connectivity index (χ1n) is 14.0. The second kappa shape index (κ2) is 10.9. The van der Waals surface area contributed by atoms with Crippen LogP contribution in [0, 0.1) is 29.1 Å². The monoisotopic (exact) mass is 442 g/mol. The number of ketones is 1. The number of carbonyl (C=O) groups is 2. The minimum absolute atomic E-state index is 0.0460. The molecule has 0 aromatic heterocycles. The maximum Gasteiger partial charge on any atom is 0.306 e. The van der Waals surface area contributed by atoms with E-state index in [2.05, 4.69) is 13.8 Å². The Morgan fingerprint density at radius 2 is 1.69 bits per heavy atom. The fourth-order valence-electron chi connectivity index (χ4n) is 7.95. The maximum atomic E-state index is 12.6. The molecule has 0 saturated heterocycles. The smallest absolute Gasteiger partial charge is 0.306 e. The lowest BCUT2D eigenvalue weighted by molar-refractivity contribution is -0.159. The number of hydrogen-bond donors (Lipinski definition) is 0. The third-order valence-corrected chi connectivity index (χ3v) is 9.72. The molecule has 6 atom stereocenters. The van der Waals surface area contributed by atoms with Crippen molar-refractivity contribution in [3.05, 3.63) is 11.6 Å². The van der Waals surface area contributed by atoms with Crippen molar-refractivity contribution < 1.29 is 14.3 Å². The van der Waals surface area contributed by atoms with E-state index in [0.29, 0.717) is 24.0 Å². The van der Waals surface area contributed by atoms with Gasteiger partial charge in [0, 0.05) is 18.3 Å². The van der Waals surface area contributed by atoms with Gasteiger partial charge in [-0.25, -0.2) is 0 Å². The Bertz CT molecular complexity index is 695. The van der Waals surface area contributed by atoms with Crippen LogP contribution >= 0.6 is 0 Å². The highest BCUT2D eigenvalue weighted by molar-refractivity contribution is 5.91. The summed E-state index contributed by atoms with van der Waals surface area (Å²) in [4.78, 5) is 24.5. The van der Waals surface area contributed by atoms with Gasteiger partial charge >= 0.3 is 5.97 Å². The number of ether oxygens (including phenoxy) is 1. The van der Waals surface area contributed by atoms with E-state index in [1.807, 2.05) is 6.08 Å². The molecular weight excluding hydrogens is 396 g/mol. The molecule has 0 radical (unpaired) electrons. The fraction of sp³-hybridized carbons (Fsp3) is 0.862. The molecule has 5 unspecified atom stereocenters. The average molecular weight is 443 g/mol. The van der Waals surface area contributed by atoms with Crippen molar-refractivity contribution in [3.8, 4) is 0 Å². The van der Waals surface area contributed by atoms with Gasteiger partial charge < -0.3 is 4.74 Å². The van der Waals surface area contributed by atoms with E-state index in [-0.39, 0.29) is 17.5 Å². The summed E-state index contributed by atoms with van der Waals surface area (Å²) in [5, 5.41) is 0. The predicted octanol–water partition coefficient (Wildman–Crippen LogP) is 7.57. The van der Waals surface area contributed by atoms with Gasteiger partial charge in [0.25, 0.3) is 0 Å². The number of carbonyl (C=O) groups excluding carboxylic acids is 2. The molecule has 0 aliphatic heterocycles. The summed E-state index contributed by atoms with van der Waals surface area (Å²) >= 11 is 0. The van der Waals surface area contributed by atoms with Crippen LogP contribution in [0.1, 0.15) is 123 Å². The van der Waals surface area contributed by atoms with Crippen molar-refractivity contribution in [2.45, 2.75) is 129 Å². The highest BCUT2D eigenvalue weighted by Gasteiger charge is 2.57. The van der Waals surface area contributed by atoms with E-state index < -0.39 is 0 Å². The Morgan fingerprint density at radius 1 is 0.938 bits per heavy atom. The molecular formula is C29H46O3. The van der Waals surface area contributed by atoms with Crippen molar-refractivity contribution >= 4 is 11.8 Å². The third kappa shape index (κ3) is 5.17. The lowest BCUT2D eigenvalue weighted by Crippen LogP contribution is -2.48. The lowest BCUT2D eigenvalue weighted by atomic mass is 9.52. The van der Waals surface area contributed by atoms with Gasteiger partial charge in [0.15, 0.2) is 5.78 Å². The third-order valence-electron chi connectivity index (χ3n) is 9.72. The molecule has 4 rings (SSSR count). The van der Waals surface area contributed by atoms with E-state index in [1.165, 1.54) is 69.8 Å². The van der Waals surface area contributed by atoms with Crippen LogP contribution in [0.3, 0.4) is 0 Å². The van der Waals surface area contributed by atoms with Gasteiger partial charge in [0.2, 0.25) is 0 Å². The summed E-state index contributed by atoms with van der Waals surface area (Å²) in [5.41, 5.74) is 1.62. The molecule has 3 nitrogen and oxygen atoms in total. The molecule has 4 aliphatic rings. The minimum Gasteiger partial charge on any atom is -0.462 e. The first-order valence-corrected chi connectivity index (χ1v) is 14.0. The highest BCUT2D eigenvalue weighted by atomic mass is 16.5. The zero-order chi connectivity index (χ0) is 22.6. The van der Waals surface area contributed by atoms with E-state index in [1.54, 1.807) is 0 Å². The van der Waals surface area contributed by atoms with Crippen molar-refractivity contribution in [1.82, 2.24) is 0 Å². The van der Waals surface area contributed by atoms with Gasteiger partial charge in [-0.05, 0) is 81.1 Å². The van der Waals surface area contributed by atoms with Crippen LogP contribution in [-0.4, -0.2) is 17.9 Å². The average Bonchev–Trinajstić information content (AvgIpc) is 3.11. The number of unbranched alkanes of at least 4 members (excludes halogenated alkanes) is 7. The number of fused-ring (bicyclic) bond motifs is 5. The van der Waals surface area contributed by atoms with Crippen LogP contribution in [0.25, 0.3) is 0 Å². The van der Waals surface area contributed by atoms with Crippen LogP contribution < -0.4 is 0 Å². The van der Waals surface area contributed by atoms with Gasteiger partial charge in [0.05, 0.1) is 0 Å². The van der Waals surface area contributed by atoms with Gasteiger partial charge in [-0.15, -0.1) is 0 Å². The minimum atomic E-state index is 0.0460. The predicted molar refractivity (Wildman–Crippen MR) is 129 cm³/mol.